The smallest absolute Gasteiger partial charge is 0.0413 e. The molecule has 2 rings (SSSR count). The third-order valence-corrected chi connectivity index (χ3v) is 2.56. The summed E-state index contributed by atoms with van der Waals surface area (Å²) in [7, 11) is 0. The van der Waals surface area contributed by atoms with Crippen molar-refractivity contribution in [3.8, 4) is 0 Å². The molecule has 2 heteroatoms. The van der Waals surface area contributed by atoms with Crippen molar-refractivity contribution >= 4 is 11.4 Å². The first kappa shape index (κ1) is 12.3. The normalized spacial score (nSPS) is 9.38. The van der Waals surface area contributed by atoms with Gasteiger partial charge in [0.25, 0.3) is 0 Å². The van der Waals surface area contributed by atoms with Gasteiger partial charge in [-0.3, -0.25) is 0 Å². The maximum atomic E-state index is 3.44. The number of rotatable bonds is 2. The first-order valence-corrected chi connectivity index (χ1v) is 5.15. The van der Waals surface area contributed by atoms with Gasteiger partial charge >= 0.3 is 0 Å². The topological polar surface area (TPSA) is 43.5 Å². The number of nitrogens with one attached hydrogen (secondary N) is 1. The molecular weight excluding hydrogens is 198 g/mol. The molecule has 3 N–H and O–H groups in total. The van der Waals surface area contributed by atoms with Crippen LogP contribution in [0, 0.1) is 13.8 Å². The molecule has 16 heavy (non-hydrogen) atoms. The molecule has 2 aromatic carbocycles. The summed E-state index contributed by atoms with van der Waals surface area (Å²) < 4.78 is 0. The zero-order valence-corrected chi connectivity index (χ0v) is 9.62. The van der Waals surface area contributed by atoms with Crippen LogP contribution < -0.4 is 5.32 Å². The molecule has 0 fully saturated rings. The zero-order valence-electron chi connectivity index (χ0n) is 9.62. The quantitative estimate of drug-likeness (QED) is 0.821. The Kier molecular flexibility index (Phi) is 4.09. The van der Waals surface area contributed by atoms with Crippen molar-refractivity contribution in [1.29, 1.82) is 0 Å². The number of anilines is 2. The number of para-hydroxylation sites is 2. The van der Waals surface area contributed by atoms with E-state index in [9.17, 15) is 0 Å². The molecule has 0 atom stereocenters. The summed E-state index contributed by atoms with van der Waals surface area (Å²) in [5, 5.41) is 3.44. The Morgan fingerprint density at radius 2 is 1.06 bits per heavy atom. The Hall–Kier alpha value is -1.80. The van der Waals surface area contributed by atoms with Gasteiger partial charge in [0.05, 0.1) is 0 Å². The highest BCUT2D eigenvalue weighted by atomic mass is 16.0. The van der Waals surface area contributed by atoms with Crippen LogP contribution in [0.1, 0.15) is 11.1 Å². The summed E-state index contributed by atoms with van der Waals surface area (Å²) in [6.45, 7) is 4.22. The Morgan fingerprint density at radius 3 is 1.44 bits per heavy atom. The standard InChI is InChI=1S/C14H15N.H2O/c1-11-7-3-5-9-13(11)15-14-10-6-4-8-12(14)2;/h3-10,15H,1-2H3;1H2. The first-order valence-electron chi connectivity index (χ1n) is 5.15. The fourth-order valence-electron chi connectivity index (χ4n) is 1.57. The average molecular weight is 215 g/mol. The molecule has 0 heterocycles. The number of hydrogen-bond donors (Lipinski definition) is 1. The van der Waals surface area contributed by atoms with Crippen molar-refractivity contribution in [3.63, 3.8) is 0 Å². The van der Waals surface area contributed by atoms with Crippen molar-refractivity contribution in [3.05, 3.63) is 59.7 Å². The van der Waals surface area contributed by atoms with Gasteiger partial charge in [-0.2, -0.15) is 0 Å². The van der Waals surface area contributed by atoms with Gasteiger partial charge in [0, 0.05) is 11.4 Å². The van der Waals surface area contributed by atoms with E-state index in [4.69, 9.17) is 0 Å². The predicted molar refractivity (Wildman–Crippen MR) is 69.3 cm³/mol. The van der Waals surface area contributed by atoms with Crippen LogP contribution in [0.15, 0.2) is 48.5 Å². The van der Waals surface area contributed by atoms with E-state index in [1.54, 1.807) is 0 Å². The van der Waals surface area contributed by atoms with Crippen molar-refractivity contribution in [2.45, 2.75) is 13.8 Å². The molecule has 0 radical (unpaired) electrons. The van der Waals surface area contributed by atoms with Crippen LogP contribution >= 0.6 is 0 Å². The van der Waals surface area contributed by atoms with Crippen molar-refractivity contribution in [2.24, 2.45) is 0 Å². The van der Waals surface area contributed by atoms with E-state index < -0.39 is 0 Å². The van der Waals surface area contributed by atoms with Gasteiger partial charge in [-0.25, -0.2) is 0 Å². The summed E-state index contributed by atoms with van der Waals surface area (Å²) >= 11 is 0. The van der Waals surface area contributed by atoms with Crippen LogP contribution in [0.2, 0.25) is 0 Å². The summed E-state index contributed by atoms with van der Waals surface area (Å²) in [5.74, 6) is 0. The highest BCUT2D eigenvalue weighted by molar-refractivity contribution is 5.65. The molecule has 0 aliphatic heterocycles. The number of hydrogen-bond acceptors (Lipinski definition) is 1. The van der Waals surface area contributed by atoms with Gasteiger partial charge in [-0.15, -0.1) is 0 Å². The molecule has 0 aliphatic rings. The molecule has 0 unspecified atom stereocenters. The lowest BCUT2D eigenvalue weighted by atomic mass is 10.1. The molecule has 0 saturated heterocycles. The van der Waals surface area contributed by atoms with E-state index in [2.05, 4.69) is 55.6 Å². The second kappa shape index (κ2) is 5.33. The molecule has 0 aromatic heterocycles. The Bertz CT molecular complexity index is 422. The third kappa shape index (κ3) is 2.61. The molecule has 0 bridgehead atoms. The second-order valence-electron chi connectivity index (χ2n) is 3.75. The van der Waals surface area contributed by atoms with E-state index in [0.717, 1.165) is 0 Å². The van der Waals surface area contributed by atoms with Gasteiger partial charge in [-0.1, -0.05) is 36.4 Å². The molecule has 0 saturated carbocycles. The van der Waals surface area contributed by atoms with Crippen molar-refractivity contribution in [1.82, 2.24) is 0 Å². The molecule has 0 aliphatic carbocycles. The minimum absolute atomic E-state index is 0. The van der Waals surface area contributed by atoms with Gasteiger partial charge in [0.2, 0.25) is 0 Å². The van der Waals surface area contributed by atoms with Crippen molar-refractivity contribution < 1.29 is 5.48 Å². The summed E-state index contributed by atoms with van der Waals surface area (Å²) in [5.41, 5.74) is 4.88. The molecule has 84 valence electrons. The van der Waals surface area contributed by atoms with Crippen LogP contribution in [-0.2, 0) is 0 Å². The molecule has 0 spiro atoms. The minimum atomic E-state index is 0. The number of benzene rings is 2. The average Bonchev–Trinajstić information content (AvgIpc) is 2.24. The first-order chi connectivity index (χ1) is 7.27. The Morgan fingerprint density at radius 1 is 0.688 bits per heavy atom. The van der Waals surface area contributed by atoms with Crippen molar-refractivity contribution in [2.75, 3.05) is 5.32 Å². The van der Waals surface area contributed by atoms with Crippen LogP contribution in [0.3, 0.4) is 0 Å². The van der Waals surface area contributed by atoms with E-state index in [0.29, 0.717) is 0 Å². The number of aryl methyl sites for hydroxylation is 2. The van der Waals surface area contributed by atoms with Gasteiger partial charge in [0.15, 0.2) is 0 Å². The zero-order chi connectivity index (χ0) is 10.7. The fraction of sp³-hybridized carbons (Fsp3) is 0.143. The lowest BCUT2D eigenvalue weighted by Crippen LogP contribution is -1.94. The maximum Gasteiger partial charge on any atom is 0.0413 e. The molecule has 2 nitrogen and oxygen atoms in total. The Labute approximate surface area is 96.2 Å². The summed E-state index contributed by atoms with van der Waals surface area (Å²) in [6, 6.07) is 16.6. The monoisotopic (exact) mass is 215 g/mol. The molecule has 2 aromatic rings. The van der Waals surface area contributed by atoms with Gasteiger partial charge < -0.3 is 10.8 Å². The van der Waals surface area contributed by atoms with E-state index >= 15 is 0 Å². The van der Waals surface area contributed by atoms with Gasteiger partial charge in [0.1, 0.15) is 0 Å². The summed E-state index contributed by atoms with van der Waals surface area (Å²) in [4.78, 5) is 0. The molecular formula is C14H17NO. The highest BCUT2D eigenvalue weighted by Gasteiger charge is 1.99. The highest BCUT2D eigenvalue weighted by Crippen LogP contribution is 2.22. The maximum absolute atomic E-state index is 3.44. The van der Waals surface area contributed by atoms with E-state index in [1.807, 2.05) is 12.1 Å². The van der Waals surface area contributed by atoms with E-state index in [1.165, 1.54) is 22.5 Å². The Balaban J connectivity index is 0.00000128. The molecule has 0 amide bonds. The van der Waals surface area contributed by atoms with Crippen LogP contribution in [0.4, 0.5) is 11.4 Å². The minimum Gasteiger partial charge on any atom is -0.412 e. The van der Waals surface area contributed by atoms with E-state index in [-0.39, 0.29) is 5.48 Å². The SMILES string of the molecule is Cc1ccccc1Nc1ccccc1C.O. The summed E-state index contributed by atoms with van der Waals surface area (Å²) in [6.07, 6.45) is 0. The lowest BCUT2D eigenvalue weighted by molar-refractivity contribution is 0.824. The fourth-order valence-corrected chi connectivity index (χ4v) is 1.57. The van der Waals surface area contributed by atoms with Crippen LogP contribution in [-0.4, -0.2) is 5.48 Å². The predicted octanol–water partition coefficient (Wildman–Crippen LogP) is 3.22. The lowest BCUT2D eigenvalue weighted by Gasteiger charge is -2.11. The third-order valence-electron chi connectivity index (χ3n) is 2.56. The largest absolute Gasteiger partial charge is 0.412 e. The van der Waals surface area contributed by atoms with Crippen LogP contribution in [0.25, 0.3) is 0 Å². The van der Waals surface area contributed by atoms with Crippen LogP contribution in [0.5, 0.6) is 0 Å². The second-order valence-corrected chi connectivity index (χ2v) is 3.75. The van der Waals surface area contributed by atoms with Gasteiger partial charge in [-0.05, 0) is 37.1 Å².